The number of carbonyl (C=O) groups is 3. The van der Waals surface area contributed by atoms with E-state index in [1.54, 1.807) is 18.2 Å². The Bertz CT molecular complexity index is 863. The minimum atomic E-state index is -0.547. The highest BCUT2D eigenvalue weighted by molar-refractivity contribution is 6.07. The summed E-state index contributed by atoms with van der Waals surface area (Å²) in [6.45, 7) is -0.307. The fraction of sp³-hybridized carbons (Fsp3) is 0.400. The highest BCUT2D eigenvalue weighted by Crippen LogP contribution is 2.52. The molecule has 2 fully saturated rings. The van der Waals surface area contributed by atoms with E-state index in [-0.39, 0.29) is 47.8 Å². The number of esters is 1. The van der Waals surface area contributed by atoms with Crippen molar-refractivity contribution in [3.63, 3.8) is 0 Å². The molecular weight excluding hydrogens is 364 g/mol. The first-order chi connectivity index (χ1) is 13.5. The van der Waals surface area contributed by atoms with Crippen LogP contribution in [0.1, 0.15) is 12.0 Å². The van der Waals surface area contributed by atoms with Crippen LogP contribution in [-0.4, -0.2) is 49.8 Å². The first-order valence-electron chi connectivity index (χ1n) is 9.02. The SMILES string of the molecule is COC(=O)COc1c(C=NN2C(=O)C3C4C=CC(C4)C3C2=O)cccc1OC. The number of amides is 2. The maximum atomic E-state index is 12.7. The molecule has 1 aromatic carbocycles. The summed E-state index contributed by atoms with van der Waals surface area (Å²) in [5, 5.41) is 5.11. The van der Waals surface area contributed by atoms with Crippen molar-refractivity contribution in [1.82, 2.24) is 5.01 Å². The summed E-state index contributed by atoms with van der Waals surface area (Å²) in [6, 6.07) is 5.08. The molecule has 1 heterocycles. The molecule has 3 aliphatic rings. The molecule has 0 aromatic heterocycles. The number of methoxy groups -OCH3 is 2. The molecule has 2 amide bonds. The second-order valence-electron chi connectivity index (χ2n) is 6.98. The second-order valence-corrected chi connectivity index (χ2v) is 6.98. The first-order valence-corrected chi connectivity index (χ1v) is 9.02. The number of imide groups is 1. The third kappa shape index (κ3) is 2.85. The van der Waals surface area contributed by atoms with Crippen LogP contribution in [0.2, 0.25) is 0 Å². The Kier molecular flexibility index (Phi) is 4.62. The van der Waals surface area contributed by atoms with E-state index in [1.807, 2.05) is 12.2 Å². The van der Waals surface area contributed by atoms with Crippen LogP contribution >= 0.6 is 0 Å². The van der Waals surface area contributed by atoms with Crippen LogP contribution in [-0.2, 0) is 19.1 Å². The molecule has 1 aromatic rings. The van der Waals surface area contributed by atoms with Crippen molar-refractivity contribution in [2.24, 2.45) is 28.8 Å². The Morgan fingerprint density at radius 3 is 2.46 bits per heavy atom. The molecule has 4 atom stereocenters. The zero-order chi connectivity index (χ0) is 19.8. The highest BCUT2D eigenvalue weighted by Gasteiger charge is 2.59. The van der Waals surface area contributed by atoms with Gasteiger partial charge >= 0.3 is 5.97 Å². The number of fused-ring (bicyclic) bond motifs is 5. The summed E-state index contributed by atoms with van der Waals surface area (Å²) in [6.07, 6.45) is 6.31. The minimum absolute atomic E-state index is 0.127. The van der Waals surface area contributed by atoms with E-state index in [9.17, 15) is 14.4 Å². The number of hydrazone groups is 1. The van der Waals surface area contributed by atoms with E-state index in [4.69, 9.17) is 9.47 Å². The number of hydrogen-bond acceptors (Lipinski definition) is 7. The van der Waals surface area contributed by atoms with Crippen molar-refractivity contribution in [2.45, 2.75) is 6.42 Å². The topological polar surface area (TPSA) is 94.5 Å². The normalized spacial score (nSPS) is 27.6. The average Bonchev–Trinajstić information content (AvgIpc) is 3.39. The lowest BCUT2D eigenvalue weighted by molar-refractivity contribution is -0.143. The second kappa shape index (κ2) is 7.10. The number of carbonyl (C=O) groups excluding carboxylic acids is 3. The standard InChI is InChI=1S/C20H20N2O6/c1-26-14-5-3-4-13(18(14)28-10-15(23)27-2)9-21-22-19(24)16-11-6-7-12(8-11)17(16)20(22)25/h3-7,9,11-12,16-17H,8,10H2,1-2H3. The Morgan fingerprint density at radius 1 is 1.18 bits per heavy atom. The van der Waals surface area contributed by atoms with Gasteiger partial charge in [-0.2, -0.15) is 10.1 Å². The lowest BCUT2D eigenvalue weighted by Crippen LogP contribution is -2.28. The molecule has 1 aliphatic heterocycles. The van der Waals surface area contributed by atoms with Gasteiger partial charge in [0.1, 0.15) is 0 Å². The predicted molar refractivity (Wildman–Crippen MR) is 97.7 cm³/mol. The van der Waals surface area contributed by atoms with Crippen LogP contribution in [0.25, 0.3) is 0 Å². The van der Waals surface area contributed by atoms with Crippen molar-refractivity contribution in [1.29, 1.82) is 0 Å². The number of para-hydroxylation sites is 1. The van der Waals surface area contributed by atoms with Crippen LogP contribution < -0.4 is 9.47 Å². The average molecular weight is 384 g/mol. The number of benzene rings is 1. The van der Waals surface area contributed by atoms with E-state index < -0.39 is 5.97 Å². The van der Waals surface area contributed by atoms with Crippen LogP contribution in [0.4, 0.5) is 0 Å². The molecule has 28 heavy (non-hydrogen) atoms. The molecule has 146 valence electrons. The first kappa shape index (κ1) is 18.2. The molecule has 8 nitrogen and oxygen atoms in total. The molecule has 4 rings (SSSR count). The Labute approximate surface area is 161 Å². The van der Waals surface area contributed by atoms with Gasteiger partial charge in [-0.3, -0.25) is 9.59 Å². The van der Waals surface area contributed by atoms with Crippen LogP contribution in [0.5, 0.6) is 11.5 Å². The fourth-order valence-electron chi connectivity index (χ4n) is 4.26. The van der Waals surface area contributed by atoms with Crippen molar-refractivity contribution >= 4 is 24.0 Å². The van der Waals surface area contributed by atoms with E-state index >= 15 is 0 Å². The van der Waals surface area contributed by atoms with Crippen molar-refractivity contribution in [2.75, 3.05) is 20.8 Å². The zero-order valence-corrected chi connectivity index (χ0v) is 15.5. The summed E-state index contributed by atoms with van der Waals surface area (Å²) >= 11 is 0. The number of nitrogens with zero attached hydrogens (tertiary/aromatic N) is 2. The van der Waals surface area contributed by atoms with Gasteiger partial charge in [0.25, 0.3) is 11.8 Å². The van der Waals surface area contributed by atoms with Crippen molar-refractivity contribution in [3.05, 3.63) is 35.9 Å². The molecule has 4 unspecified atom stereocenters. The smallest absolute Gasteiger partial charge is 0.343 e. The summed E-state index contributed by atoms with van der Waals surface area (Å²) in [4.78, 5) is 36.8. The van der Waals surface area contributed by atoms with Gasteiger partial charge in [0.15, 0.2) is 18.1 Å². The van der Waals surface area contributed by atoms with E-state index in [1.165, 1.54) is 20.4 Å². The minimum Gasteiger partial charge on any atom is -0.493 e. The fourth-order valence-corrected chi connectivity index (χ4v) is 4.26. The molecular formula is C20H20N2O6. The lowest BCUT2D eigenvalue weighted by Gasteiger charge is -2.14. The number of rotatable bonds is 6. The van der Waals surface area contributed by atoms with Gasteiger partial charge in [-0.15, -0.1) is 0 Å². The Hall–Kier alpha value is -3.16. The summed E-state index contributed by atoms with van der Waals surface area (Å²) in [5.74, 6) is -0.753. The van der Waals surface area contributed by atoms with Crippen molar-refractivity contribution in [3.8, 4) is 11.5 Å². The molecule has 1 saturated carbocycles. The van der Waals surface area contributed by atoms with E-state index in [0.717, 1.165) is 11.4 Å². The van der Waals surface area contributed by atoms with Crippen LogP contribution in [0, 0.1) is 23.7 Å². The molecule has 0 radical (unpaired) electrons. The summed E-state index contributed by atoms with van der Waals surface area (Å²) < 4.78 is 15.4. The maximum Gasteiger partial charge on any atom is 0.343 e. The Balaban J connectivity index is 1.57. The molecule has 8 heteroatoms. The van der Waals surface area contributed by atoms with Gasteiger partial charge in [0.05, 0.1) is 32.3 Å². The Morgan fingerprint density at radius 2 is 1.86 bits per heavy atom. The number of allylic oxidation sites excluding steroid dienone is 2. The van der Waals surface area contributed by atoms with Gasteiger partial charge in [-0.05, 0) is 30.4 Å². The number of ether oxygens (including phenoxy) is 3. The molecule has 1 saturated heterocycles. The van der Waals surface area contributed by atoms with E-state index in [2.05, 4.69) is 9.84 Å². The molecule has 0 spiro atoms. The predicted octanol–water partition coefficient (Wildman–Crippen LogP) is 1.39. The summed E-state index contributed by atoms with van der Waals surface area (Å²) in [5.41, 5.74) is 0.474. The lowest BCUT2D eigenvalue weighted by atomic mass is 9.85. The third-order valence-electron chi connectivity index (χ3n) is 5.55. The van der Waals surface area contributed by atoms with Crippen LogP contribution in [0.3, 0.4) is 0 Å². The van der Waals surface area contributed by atoms with Gasteiger partial charge < -0.3 is 14.2 Å². The quantitative estimate of drug-likeness (QED) is 0.318. The van der Waals surface area contributed by atoms with Gasteiger partial charge in [0, 0.05) is 5.56 Å². The molecule has 2 bridgehead atoms. The monoisotopic (exact) mass is 384 g/mol. The molecule has 2 aliphatic carbocycles. The van der Waals surface area contributed by atoms with Gasteiger partial charge in [-0.25, -0.2) is 4.79 Å². The molecule has 0 N–H and O–H groups in total. The van der Waals surface area contributed by atoms with Crippen molar-refractivity contribution < 1.29 is 28.6 Å². The number of hydrogen-bond donors (Lipinski definition) is 0. The largest absolute Gasteiger partial charge is 0.493 e. The van der Waals surface area contributed by atoms with E-state index in [0.29, 0.717) is 11.3 Å². The zero-order valence-electron chi connectivity index (χ0n) is 15.5. The van der Waals surface area contributed by atoms with Gasteiger partial charge in [0.2, 0.25) is 0 Å². The third-order valence-corrected chi connectivity index (χ3v) is 5.55. The maximum absolute atomic E-state index is 12.7. The highest BCUT2D eigenvalue weighted by atomic mass is 16.6. The van der Waals surface area contributed by atoms with Gasteiger partial charge in [-0.1, -0.05) is 18.2 Å². The summed E-state index contributed by atoms with van der Waals surface area (Å²) in [7, 11) is 2.73. The van der Waals surface area contributed by atoms with Crippen LogP contribution in [0.15, 0.2) is 35.5 Å².